The van der Waals surface area contributed by atoms with Gasteiger partial charge in [0.2, 0.25) is 0 Å². The molecule has 0 unspecified atom stereocenters. The first-order chi connectivity index (χ1) is 7.49. The SMILES string of the molecule is Cn1c(=O)c2c([nH]c(=O)n2C)n(CO)c1=O. The number of nitrogens with one attached hydrogen (secondary N) is 1. The largest absolute Gasteiger partial charge is 0.376 e. The van der Waals surface area contributed by atoms with Crippen LogP contribution in [0.4, 0.5) is 0 Å². The lowest BCUT2D eigenvalue weighted by molar-refractivity contribution is 0.206. The molecule has 2 rings (SSSR count). The molecule has 0 aliphatic carbocycles. The van der Waals surface area contributed by atoms with E-state index in [4.69, 9.17) is 5.11 Å². The Morgan fingerprint density at radius 1 is 1.19 bits per heavy atom. The zero-order chi connectivity index (χ0) is 12.0. The van der Waals surface area contributed by atoms with Gasteiger partial charge in [0.15, 0.2) is 5.52 Å². The molecule has 2 aromatic heterocycles. The second-order valence-electron chi connectivity index (χ2n) is 3.40. The fourth-order valence-corrected chi connectivity index (χ4v) is 1.60. The van der Waals surface area contributed by atoms with Gasteiger partial charge < -0.3 is 5.11 Å². The van der Waals surface area contributed by atoms with Crippen LogP contribution in [0.5, 0.6) is 0 Å². The minimum atomic E-state index is -0.679. The molecule has 2 N–H and O–H groups in total. The van der Waals surface area contributed by atoms with Gasteiger partial charge in [0.05, 0.1) is 0 Å². The minimum Gasteiger partial charge on any atom is -0.376 e. The Kier molecular flexibility index (Phi) is 2.09. The van der Waals surface area contributed by atoms with E-state index in [1.807, 2.05) is 0 Å². The van der Waals surface area contributed by atoms with Crippen molar-refractivity contribution in [2.45, 2.75) is 6.73 Å². The van der Waals surface area contributed by atoms with Crippen LogP contribution in [0, 0.1) is 0 Å². The molecule has 0 aliphatic heterocycles. The van der Waals surface area contributed by atoms with Crippen LogP contribution in [0.1, 0.15) is 0 Å². The highest BCUT2D eigenvalue weighted by atomic mass is 16.3. The lowest BCUT2D eigenvalue weighted by Crippen LogP contribution is -2.38. The van der Waals surface area contributed by atoms with Crippen molar-refractivity contribution in [1.82, 2.24) is 18.7 Å². The van der Waals surface area contributed by atoms with Crippen LogP contribution in [0.15, 0.2) is 14.4 Å². The van der Waals surface area contributed by atoms with Crippen molar-refractivity contribution in [2.24, 2.45) is 14.1 Å². The van der Waals surface area contributed by atoms with Gasteiger partial charge in [0, 0.05) is 14.1 Å². The summed E-state index contributed by atoms with van der Waals surface area (Å²) in [5, 5.41) is 9.05. The first-order valence-electron chi connectivity index (χ1n) is 4.48. The smallest absolute Gasteiger partial charge is 0.334 e. The monoisotopic (exact) mass is 226 g/mol. The average Bonchev–Trinajstić information content (AvgIpc) is 2.53. The van der Waals surface area contributed by atoms with Crippen molar-refractivity contribution in [2.75, 3.05) is 0 Å². The van der Waals surface area contributed by atoms with Crippen molar-refractivity contribution >= 4 is 11.2 Å². The molecule has 8 heteroatoms. The Bertz CT molecular complexity index is 729. The molecule has 86 valence electrons. The molecule has 0 saturated carbocycles. The third-order valence-corrected chi connectivity index (χ3v) is 2.53. The van der Waals surface area contributed by atoms with E-state index in [1.165, 1.54) is 14.1 Å². The topological polar surface area (TPSA) is 102 Å². The highest BCUT2D eigenvalue weighted by molar-refractivity contribution is 5.69. The molecule has 0 amide bonds. The van der Waals surface area contributed by atoms with Crippen molar-refractivity contribution in [3.63, 3.8) is 0 Å². The summed E-state index contributed by atoms with van der Waals surface area (Å²) < 4.78 is 2.85. The van der Waals surface area contributed by atoms with Crippen molar-refractivity contribution < 1.29 is 5.11 Å². The van der Waals surface area contributed by atoms with E-state index in [0.29, 0.717) is 0 Å². The molecule has 2 heterocycles. The predicted molar refractivity (Wildman–Crippen MR) is 55.3 cm³/mol. The highest BCUT2D eigenvalue weighted by Gasteiger charge is 2.15. The number of aliphatic hydroxyl groups is 1. The van der Waals surface area contributed by atoms with Crippen LogP contribution < -0.4 is 16.9 Å². The Balaban J connectivity index is 3.24. The first-order valence-corrected chi connectivity index (χ1v) is 4.48. The number of aryl methyl sites for hydroxylation is 1. The number of aromatic amines is 1. The second kappa shape index (κ2) is 3.20. The van der Waals surface area contributed by atoms with E-state index in [2.05, 4.69) is 4.98 Å². The molecule has 16 heavy (non-hydrogen) atoms. The van der Waals surface area contributed by atoms with Crippen LogP contribution in [-0.4, -0.2) is 23.8 Å². The molecule has 0 atom stereocenters. The van der Waals surface area contributed by atoms with Crippen LogP contribution in [0.3, 0.4) is 0 Å². The molecule has 0 spiro atoms. The van der Waals surface area contributed by atoms with Gasteiger partial charge in [-0.3, -0.25) is 23.5 Å². The Morgan fingerprint density at radius 2 is 1.81 bits per heavy atom. The average molecular weight is 226 g/mol. The van der Waals surface area contributed by atoms with E-state index < -0.39 is 23.7 Å². The van der Waals surface area contributed by atoms with Gasteiger partial charge in [0.1, 0.15) is 12.4 Å². The maximum atomic E-state index is 11.7. The fraction of sp³-hybridized carbons (Fsp3) is 0.375. The van der Waals surface area contributed by atoms with Crippen molar-refractivity contribution in [3.8, 4) is 0 Å². The van der Waals surface area contributed by atoms with Gasteiger partial charge in [0.25, 0.3) is 5.56 Å². The van der Waals surface area contributed by atoms with Gasteiger partial charge in [-0.05, 0) is 0 Å². The normalized spacial score (nSPS) is 11.2. The molecular formula is C8H10N4O4. The summed E-state index contributed by atoms with van der Waals surface area (Å²) in [6, 6.07) is 0. The zero-order valence-corrected chi connectivity index (χ0v) is 8.72. The summed E-state index contributed by atoms with van der Waals surface area (Å²) in [6.07, 6.45) is 0. The van der Waals surface area contributed by atoms with Crippen molar-refractivity contribution in [3.05, 3.63) is 31.3 Å². The number of imidazole rings is 1. The number of H-pyrrole nitrogens is 1. The molecule has 0 bridgehead atoms. The highest BCUT2D eigenvalue weighted by Crippen LogP contribution is 1.99. The molecule has 0 fully saturated rings. The number of fused-ring (bicyclic) bond motifs is 1. The van der Waals surface area contributed by atoms with Crippen LogP contribution in [-0.2, 0) is 20.8 Å². The fourth-order valence-electron chi connectivity index (χ4n) is 1.60. The predicted octanol–water partition coefficient (Wildman–Crippen LogP) is -2.32. The number of nitrogens with zero attached hydrogens (tertiary/aromatic N) is 3. The molecular weight excluding hydrogens is 216 g/mol. The number of hydrogen-bond acceptors (Lipinski definition) is 4. The van der Waals surface area contributed by atoms with Gasteiger partial charge >= 0.3 is 11.4 Å². The summed E-state index contributed by atoms with van der Waals surface area (Å²) in [7, 11) is 2.70. The van der Waals surface area contributed by atoms with Crippen LogP contribution in [0.2, 0.25) is 0 Å². The number of rotatable bonds is 1. The Morgan fingerprint density at radius 3 is 2.38 bits per heavy atom. The van der Waals surface area contributed by atoms with Gasteiger partial charge in [-0.1, -0.05) is 0 Å². The quantitative estimate of drug-likeness (QED) is 0.569. The number of aromatic nitrogens is 4. The standard InChI is InChI=1S/C8H10N4O4/c1-10-4-5(9-7(10)15)12(3-13)8(16)11(2)6(4)14/h13H,3H2,1-2H3,(H,9,15). The summed E-state index contributed by atoms with van der Waals surface area (Å²) >= 11 is 0. The minimum absolute atomic E-state index is 0.0306. The maximum Gasteiger partial charge on any atom is 0.334 e. The van der Waals surface area contributed by atoms with Gasteiger partial charge in [-0.2, -0.15) is 0 Å². The Labute approximate surface area is 88.0 Å². The molecule has 2 aromatic rings. The van der Waals surface area contributed by atoms with E-state index in [9.17, 15) is 14.4 Å². The summed E-state index contributed by atoms with van der Waals surface area (Å²) in [6.45, 7) is -0.608. The van der Waals surface area contributed by atoms with E-state index in [0.717, 1.165) is 13.7 Å². The van der Waals surface area contributed by atoms with Crippen LogP contribution >= 0.6 is 0 Å². The van der Waals surface area contributed by atoms with E-state index >= 15 is 0 Å². The van der Waals surface area contributed by atoms with Crippen LogP contribution in [0.25, 0.3) is 11.2 Å². The maximum absolute atomic E-state index is 11.7. The third-order valence-electron chi connectivity index (χ3n) is 2.53. The lowest BCUT2D eigenvalue weighted by Gasteiger charge is -2.05. The zero-order valence-electron chi connectivity index (χ0n) is 8.72. The number of hydrogen-bond donors (Lipinski definition) is 2. The van der Waals surface area contributed by atoms with Gasteiger partial charge in [-0.15, -0.1) is 0 Å². The summed E-state index contributed by atoms with van der Waals surface area (Å²) in [5.74, 6) is 0. The molecule has 0 aromatic carbocycles. The molecule has 0 saturated heterocycles. The molecule has 0 radical (unpaired) electrons. The molecule has 0 aliphatic rings. The summed E-state index contributed by atoms with van der Waals surface area (Å²) in [4.78, 5) is 37.0. The number of aliphatic hydroxyl groups excluding tert-OH is 1. The third kappa shape index (κ3) is 1.10. The Hall–Kier alpha value is -2.09. The lowest BCUT2D eigenvalue weighted by atomic mass is 10.5. The van der Waals surface area contributed by atoms with Gasteiger partial charge in [-0.25, -0.2) is 9.59 Å². The van der Waals surface area contributed by atoms with E-state index in [-0.39, 0.29) is 11.2 Å². The molecule has 8 nitrogen and oxygen atoms in total. The first kappa shape index (κ1) is 10.4. The summed E-state index contributed by atoms with van der Waals surface area (Å²) in [5.41, 5.74) is -1.68. The van der Waals surface area contributed by atoms with E-state index in [1.54, 1.807) is 0 Å². The second-order valence-corrected chi connectivity index (χ2v) is 3.40. The van der Waals surface area contributed by atoms with Crippen molar-refractivity contribution in [1.29, 1.82) is 0 Å².